The first kappa shape index (κ1) is 22.1. The molecule has 0 aromatic carbocycles. The molecule has 5 heteroatoms. The third kappa shape index (κ3) is 3.35. The molecule has 1 aliphatic heterocycles. The second kappa shape index (κ2) is 7.40. The lowest BCUT2D eigenvalue weighted by molar-refractivity contribution is -0.168. The van der Waals surface area contributed by atoms with Crippen molar-refractivity contribution in [2.45, 2.75) is 93.7 Å². The number of fused-ring (bicyclic) bond motifs is 5. The van der Waals surface area contributed by atoms with Gasteiger partial charge in [0.25, 0.3) is 0 Å². The van der Waals surface area contributed by atoms with E-state index in [9.17, 15) is 9.90 Å². The lowest BCUT2D eigenvalue weighted by Crippen LogP contribution is -2.62. The van der Waals surface area contributed by atoms with Crippen LogP contribution in [0.15, 0.2) is 11.6 Å². The third-order valence-corrected chi connectivity index (χ3v) is 14.4. The molecule has 0 amide bonds. The average molecular weight is 465 g/mol. The molecule has 4 aliphatic carbocycles. The minimum atomic E-state index is -1.48. The van der Waals surface area contributed by atoms with Crippen LogP contribution in [0.3, 0.4) is 0 Å². The van der Waals surface area contributed by atoms with Gasteiger partial charge in [-0.3, -0.25) is 4.79 Å². The normalized spacial score (nSPS) is 45.1. The number of hydrogen-bond donors (Lipinski definition) is 1. The van der Waals surface area contributed by atoms with Gasteiger partial charge in [0.2, 0.25) is 0 Å². The zero-order valence-corrected chi connectivity index (χ0v) is 22.0. The molecule has 5 aliphatic rings. The average Bonchev–Trinajstić information content (AvgIpc) is 3.25. The summed E-state index contributed by atoms with van der Waals surface area (Å²) in [7, 11) is -1.48. The molecular formula is C25H40O2S2Si. The van der Waals surface area contributed by atoms with Crippen molar-refractivity contribution in [1.29, 1.82) is 0 Å². The fraction of sp³-hybridized carbons (Fsp3) is 0.880. The maximum absolute atomic E-state index is 13.2. The number of thioether (sulfide) groups is 2. The first-order valence-corrected chi connectivity index (χ1v) is 18.0. The van der Waals surface area contributed by atoms with E-state index in [0.29, 0.717) is 33.5 Å². The summed E-state index contributed by atoms with van der Waals surface area (Å²) in [6.45, 7) is 9.44. The predicted molar refractivity (Wildman–Crippen MR) is 133 cm³/mol. The van der Waals surface area contributed by atoms with Crippen LogP contribution in [-0.4, -0.2) is 40.1 Å². The topological polar surface area (TPSA) is 37.3 Å². The molecule has 1 heterocycles. The molecule has 0 radical (unpaired) electrons. The Balaban J connectivity index is 1.56. The van der Waals surface area contributed by atoms with Gasteiger partial charge in [-0.1, -0.05) is 38.2 Å². The van der Waals surface area contributed by atoms with Crippen LogP contribution in [0.2, 0.25) is 25.7 Å². The summed E-state index contributed by atoms with van der Waals surface area (Å²) in [5.41, 5.74) is 0.794. The number of hydrogen-bond acceptors (Lipinski definition) is 4. The van der Waals surface area contributed by atoms with Crippen molar-refractivity contribution in [3.63, 3.8) is 0 Å². The third-order valence-electron chi connectivity index (χ3n) is 9.30. The molecule has 1 spiro atoms. The highest BCUT2D eigenvalue weighted by Gasteiger charge is 2.65. The zero-order valence-electron chi connectivity index (χ0n) is 19.3. The highest BCUT2D eigenvalue weighted by molar-refractivity contribution is 8.21. The van der Waals surface area contributed by atoms with Gasteiger partial charge in [-0.15, -0.1) is 23.5 Å². The van der Waals surface area contributed by atoms with E-state index in [-0.39, 0.29) is 5.41 Å². The fourth-order valence-corrected chi connectivity index (χ4v) is 14.0. The summed E-state index contributed by atoms with van der Waals surface area (Å²) in [6.07, 6.45) is 11.1. The smallest absolute Gasteiger partial charge is 0.139 e. The van der Waals surface area contributed by atoms with Crippen LogP contribution in [-0.2, 0) is 4.79 Å². The van der Waals surface area contributed by atoms with Gasteiger partial charge in [0.1, 0.15) is 5.78 Å². The summed E-state index contributed by atoms with van der Waals surface area (Å²) in [4.78, 5) is 13.2. The van der Waals surface area contributed by atoms with Crippen molar-refractivity contribution in [1.82, 2.24) is 0 Å². The van der Waals surface area contributed by atoms with Gasteiger partial charge < -0.3 is 5.11 Å². The summed E-state index contributed by atoms with van der Waals surface area (Å²) in [5.74, 6) is 5.06. The maximum atomic E-state index is 13.2. The Kier molecular flexibility index (Phi) is 5.45. The fourth-order valence-electron chi connectivity index (χ4n) is 8.62. The van der Waals surface area contributed by atoms with E-state index in [1.165, 1.54) is 37.2 Å². The van der Waals surface area contributed by atoms with Gasteiger partial charge in [-0.05, 0) is 74.7 Å². The van der Waals surface area contributed by atoms with E-state index in [0.717, 1.165) is 31.7 Å². The molecule has 2 nitrogen and oxygen atoms in total. The molecule has 0 bridgehead atoms. The molecule has 4 fully saturated rings. The lowest BCUT2D eigenvalue weighted by Gasteiger charge is -2.61. The second-order valence-corrected chi connectivity index (χ2v) is 20.8. The van der Waals surface area contributed by atoms with Crippen molar-refractivity contribution >= 4 is 37.4 Å². The molecule has 6 atom stereocenters. The predicted octanol–water partition coefficient (Wildman–Crippen LogP) is 6.37. The molecule has 5 rings (SSSR count). The van der Waals surface area contributed by atoms with Crippen LogP contribution in [0.1, 0.15) is 58.3 Å². The van der Waals surface area contributed by atoms with E-state index in [2.05, 4.69) is 56.2 Å². The van der Waals surface area contributed by atoms with E-state index in [1.54, 1.807) is 5.57 Å². The Morgan fingerprint density at radius 3 is 2.53 bits per heavy atom. The molecular weight excluding hydrogens is 424 g/mol. The highest BCUT2D eigenvalue weighted by atomic mass is 32.2. The van der Waals surface area contributed by atoms with Crippen LogP contribution in [0.4, 0.5) is 0 Å². The number of allylic oxidation sites excluding steroid dienone is 1. The van der Waals surface area contributed by atoms with Gasteiger partial charge >= 0.3 is 0 Å². The van der Waals surface area contributed by atoms with E-state index in [1.807, 2.05) is 0 Å². The van der Waals surface area contributed by atoms with Gasteiger partial charge in [-0.2, -0.15) is 0 Å². The van der Waals surface area contributed by atoms with Crippen LogP contribution in [0.5, 0.6) is 0 Å². The molecule has 1 N–H and O–H groups in total. The Morgan fingerprint density at radius 1 is 1.13 bits per heavy atom. The monoisotopic (exact) mass is 464 g/mol. The van der Waals surface area contributed by atoms with Crippen LogP contribution >= 0.6 is 23.5 Å². The van der Waals surface area contributed by atoms with Gasteiger partial charge in [0, 0.05) is 31.4 Å². The summed E-state index contributed by atoms with van der Waals surface area (Å²) >= 11 is 4.33. The number of carbonyl (C=O) groups is 1. The molecule has 3 saturated carbocycles. The minimum Gasteiger partial charge on any atom is -0.390 e. The van der Waals surface area contributed by atoms with Gasteiger partial charge in [-0.25, -0.2) is 0 Å². The number of rotatable bonds is 3. The SMILES string of the molecule is CC[C@]12CC(O)(C[Si](C)(C)C)C3C4CCC5(C=C4CCC3C1CCC2=O)SCCS5. The number of ketones is 1. The Bertz CT molecular complexity index is 753. The van der Waals surface area contributed by atoms with Crippen molar-refractivity contribution < 1.29 is 9.90 Å². The van der Waals surface area contributed by atoms with E-state index < -0.39 is 13.7 Å². The van der Waals surface area contributed by atoms with Crippen molar-refractivity contribution in [2.75, 3.05) is 11.5 Å². The molecule has 168 valence electrons. The molecule has 5 unspecified atom stereocenters. The largest absolute Gasteiger partial charge is 0.390 e. The van der Waals surface area contributed by atoms with Crippen molar-refractivity contribution in [3.8, 4) is 0 Å². The van der Waals surface area contributed by atoms with Gasteiger partial charge in [0.05, 0.1) is 9.68 Å². The number of aliphatic hydroxyl groups is 1. The number of carbonyl (C=O) groups excluding carboxylic acids is 1. The van der Waals surface area contributed by atoms with E-state index >= 15 is 0 Å². The molecule has 0 aromatic heterocycles. The Labute approximate surface area is 192 Å². The molecule has 30 heavy (non-hydrogen) atoms. The summed E-state index contributed by atoms with van der Waals surface area (Å²) < 4.78 is 0.334. The molecule has 1 saturated heterocycles. The van der Waals surface area contributed by atoms with Crippen LogP contribution < -0.4 is 0 Å². The zero-order chi connectivity index (χ0) is 21.4. The maximum Gasteiger partial charge on any atom is 0.139 e. The van der Waals surface area contributed by atoms with Crippen molar-refractivity contribution in [3.05, 3.63) is 11.6 Å². The Hall–Kier alpha value is 0.287. The van der Waals surface area contributed by atoms with Crippen LogP contribution in [0, 0.1) is 29.1 Å². The first-order valence-electron chi connectivity index (χ1n) is 12.4. The second-order valence-electron chi connectivity index (χ2n) is 12.2. The van der Waals surface area contributed by atoms with E-state index in [4.69, 9.17) is 0 Å². The Morgan fingerprint density at radius 2 is 1.87 bits per heavy atom. The van der Waals surface area contributed by atoms with Crippen molar-refractivity contribution in [2.24, 2.45) is 29.1 Å². The minimum absolute atomic E-state index is 0.232. The summed E-state index contributed by atoms with van der Waals surface area (Å²) in [5, 5.41) is 12.5. The summed E-state index contributed by atoms with van der Waals surface area (Å²) in [6, 6.07) is 0.960. The molecule has 0 aromatic rings. The first-order chi connectivity index (χ1) is 14.1. The standard InChI is InChI=1S/C25H40O2S2Si/c1-5-23-15-24(27,16-30(2,3)4)22-18-10-11-25(28-12-13-29-25)14-17(18)6-7-19(22)20(23)8-9-21(23)26/h14,18-20,22,27H,5-13,15-16H2,1-4H3/t18?,19?,20?,22?,23-,24?/m0/s1. The van der Waals surface area contributed by atoms with Gasteiger partial charge in [0.15, 0.2) is 0 Å². The quantitative estimate of drug-likeness (QED) is 0.389. The van der Waals surface area contributed by atoms with Crippen LogP contribution in [0.25, 0.3) is 0 Å². The highest BCUT2D eigenvalue weighted by Crippen LogP contribution is 2.67. The lowest BCUT2D eigenvalue weighted by atomic mass is 9.47. The number of Topliss-reactive ketones (excluding diaryl/α,β-unsaturated/α-hetero) is 1.